The molecule has 0 unspecified atom stereocenters. The van der Waals surface area contributed by atoms with E-state index >= 15 is 0 Å². The molecular formula is C17H21F2N5O3S. The zero-order valence-electron chi connectivity index (χ0n) is 15.5. The number of nitrogens with one attached hydrogen (secondary N) is 2. The Bertz CT molecular complexity index is 953. The average molecular weight is 413 g/mol. The van der Waals surface area contributed by atoms with Crippen LogP contribution >= 0.6 is 0 Å². The molecule has 152 valence electrons. The number of amides is 2. The second-order valence-corrected chi connectivity index (χ2v) is 8.41. The summed E-state index contributed by atoms with van der Waals surface area (Å²) in [5.74, 6) is -1.75. The molecule has 2 heterocycles. The van der Waals surface area contributed by atoms with Gasteiger partial charge in [0.05, 0.1) is 11.4 Å². The number of para-hydroxylation sites is 1. The van der Waals surface area contributed by atoms with Crippen LogP contribution in [-0.4, -0.2) is 60.0 Å². The van der Waals surface area contributed by atoms with Crippen LogP contribution < -0.4 is 5.32 Å². The predicted octanol–water partition coefficient (Wildman–Crippen LogP) is 2.23. The number of carbonyl (C=O) groups is 1. The molecule has 0 bridgehead atoms. The SMILES string of the molecule is Cc1n[nH]c(C)c1S(=O)(=O)N1CCCN(C(=O)Nc2c(F)cccc2F)CC1. The summed E-state index contributed by atoms with van der Waals surface area (Å²) in [6.07, 6.45) is 0.391. The minimum atomic E-state index is -3.76. The van der Waals surface area contributed by atoms with Crippen molar-refractivity contribution in [1.82, 2.24) is 19.4 Å². The largest absolute Gasteiger partial charge is 0.323 e. The Balaban J connectivity index is 1.72. The van der Waals surface area contributed by atoms with Crippen molar-refractivity contribution in [1.29, 1.82) is 0 Å². The molecule has 1 aliphatic rings. The van der Waals surface area contributed by atoms with Crippen LogP contribution in [0.3, 0.4) is 0 Å². The molecule has 2 N–H and O–H groups in total. The fourth-order valence-electron chi connectivity index (χ4n) is 3.19. The van der Waals surface area contributed by atoms with E-state index in [1.165, 1.54) is 15.3 Å². The Morgan fingerprint density at radius 2 is 1.82 bits per heavy atom. The summed E-state index contributed by atoms with van der Waals surface area (Å²) in [7, 11) is -3.76. The van der Waals surface area contributed by atoms with Crippen molar-refractivity contribution in [3.05, 3.63) is 41.2 Å². The molecule has 1 aromatic carbocycles. The molecular weight excluding hydrogens is 392 g/mol. The zero-order chi connectivity index (χ0) is 20.5. The van der Waals surface area contributed by atoms with Crippen LogP contribution in [0.15, 0.2) is 23.1 Å². The van der Waals surface area contributed by atoms with E-state index in [0.717, 1.165) is 12.1 Å². The number of urea groups is 1. The second kappa shape index (κ2) is 7.84. The number of aromatic nitrogens is 2. The third-order valence-electron chi connectivity index (χ3n) is 4.60. The van der Waals surface area contributed by atoms with Gasteiger partial charge in [0.1, 0.15) is 22.2 Å². The van der Waals surface area contributed by atoms with Crippen molar-refractivity contribution in [2.45, 2.75) is 25.2 Å². The van der Waals surface area contributed by atoms with E-state index in [1.807, 2.05) is 0 Å². The van der Waals surface area contributed by atoms with Gasteiger partial charge >= 0.3 is 6.03 Å². The van der Waals surface area contributed by atoms with Gasteiger partial charge in [0, 0.05) is 26.2 Å². The number of carbonyl (C=O) groups excluding carboxylic acids is 1. The molecule has 1 aliphatic heterocycles. The van der Waals surface area contributed by atoms with Crippen molar-refractivity contribution in [2.75, 3.05) is 31.5 Å². The molecule has 28 heavy (non-hydrogen) atoms. The normalized spacial score (nSPS) is 16.1. The third-order valence-corrected chi connectivity index (χ3v) is 6.76. The van der Waals surface area contributed by atoms with Crippen LogP contribution in [0.1, 0.15) is 17.8 Å². The summed E-state index contributed by atoms with van der Waals surface area (Å²) >= 11 is 0. The molecule has 2 aromatic rings. The van der Waals surface area contributed by atoms with Crippen molar-refractivity contribution in [3.8, 4) is 0 Å². The molecule has 0 radical (unpaired) electrons. The van der Waals surface area contributed by atoms with E-state index in [1.54, 1.807) is 13.8 Å². The molecule has 2 amide bonds. The highest BCUT2D eigenvalue weighted by atomic mass is 32.2. The Labute approximate surface area is 161 Å². The first-order valence-electron chi connectivity index (χ1n) is 8.73. The first-order chi connectivity index (χ1) is 13.2. The summed E-state index contributed by atoms with van der Waals surface area (Å²) in [4.78, 5) is 13.9. The molecule has 0 saturated carbocycles. The van der Waals surface area contributed by atoms with Crippen LogP contribution in [0, 0.1) is 25.5 Å². The number of aryl methyl sites for hydroxylation is 2. The molecule has 1 aromatic heterocycles. The van der Waals surface area contributed by atoms with Gasteiger partial charge in [0.25, 0.3) is 0 Å². The molecule has 1 saturated heterocycles. The number of anilines is 1. The molecule has 0 spiro atoms. The first-order valence-corrected chi connectivity index (χ1v) is 10.2. The topological polar surface area (TPSA) is 98.4 Å². The Morgan fingerprint density at radius 3 is 2.43 bits per heavy atom. The summed E-state index contributed by atoms with van der Waals surface area (Å²) in [6, 6.07) is 2.61. The molecule has 0 aliphatic carbocycles. The van der Waals surface area contributed by atoms with Gasteiger partial charge in [-0.05, 0) is 32.4 Å². The molecule has 8 nitrogen and oxygen atoms in total. The third kappa shape index (κ3) is 3.85. The van der Waals surface area contributed by atoms with Crippen LogP contribution in [0.4, 0.5) is 19.3 Å². The molecule has 0 atom stereocenters. The number of H-pyrrole nitrogens is 1. The van der Waals surface area contributed by atoms with Gasteiger partial charge in [0.2, 0.25) is 10.0 Å². The maximum atomic E-state index is 13.7. The number of hydrogen-bond donors (Lipinski definition) is 2. The summed E-state index contributed by atoms with van der Waals surface area (Å²) in [5.41, 5.74) is 0.309. The highest BCUT2D eigenvalue weighted by molar-refractivity contribution is 7.89. The highest BCUT2D eigenvalue weighted by Gasteiger charge is 2.32. The molecule has 11 heteroatoms. The van der Waals surface area contributed by atoms with Crippen LogP contribution in [0.2, 0.25) is 0 Å². The van der Waals surface area contributed by atoms with Gasteiger partial charge in [-0.25, -0.2) is 22.0 Å². The Hall–Kier alpha value is -2.53. The molecule has 1 fully saturated rings. The van der Waals surface area contributed by atoms with Gasteiger partial charge in [-0.1, -0.05) is 6.07 Å². The fraction of sp³-hybridized carbons (Fsp3) is 0.412. The number of benzene rings is 1. The zero-order valence-corrected chi connectivity index (χ0v) is 16.3. The number of nitrogens with zero attached hydrogens (tertiary/aromatic N) is 3. The van der Waals surface area contributed by atoms with Gasteiger partial charge in [0.15, 0.2) is 0 Å². The van der Waals surface area contributed by atoms with Crippen molar-refractivity contribution in [3.63, 3.8) is 0 Å². The van der Waals surface area contributed by atoms with Crippen LogP contribution in [0.5, 0.6) is 0 Å². The smallest absolute Gasteiger partial charge is 0.322 e. The summed E-state index contributed by atoms with van der Waals surface area (Å²) in [5, 5.41) is 8.82. The summed E-state index contributed by atoms with van der Waals surface area (Å²) < 4.78 is 54.7. The maximum absolute atomic E-state index is 13.7. The lowest BCUT2D eigenvalue weighted by Crippen LogP contribution is -2.39. The quantitative estimate of drug-likeness (QED) is 0.806. The predicted molar refractivity (Wildman–Crippen MR) is 98.4 cm³/mol. The van der Waals surface area contributed by atoms with Crippen molar-refractivity contribution in [2.24, 2.45) is 0 Å². The van der Waals surface area contributed by atoms with E-state index in [4.69, 9.17) is 0 Å². The monoisotopic (exact) mass is 413 g/mol. The second-order valence-electron chi connectivity index (χ2n) is 6.53. The minimum Gasteiger partial charge on any atom is -0.323 e. The van der Waals surface area contributed by atoms with E-state index < -0.39 is 33.4 Å². The summed E-state index contributed by atoms with van der Waals surface area (Å²) in [6.45, 7) is 3.89. The van der Waals surface area contributed by atoms with Crippen molar-refractivity contribution < 1.29 is 22.0 Å². The lowest BCUT2D eigenvalue weighted by Gasteiger charge is -2.22. The standard InChI is InChI=1S/C17H21F2N5O3S/c1-11-16(12(2)22-21-11)28(26,27)24-8-4-7-23(9-10-24)17(25)20-15-13(18)5-3-6-14(15)19/h3,5-6H,4,7-10H2,1-2H3,(H,20,25)(H,21,22). The number of rotatable bonds is 3. The fourth-order valence-corrected chi connectivity index (χ4v) is 4.99. The number of halogens is 2. The highest BCUT2D eigenvalue weighted by Crippen LogP contribution is 2.23. The Kier molecular flexibility index (Phi) is 5.66. The first kappa shape index (κ1) is 20.2. The van der Waals surface area contributed by atoms with Gasteiger partial charge in [-0.3, -0.25) is 5.10 Å². The lowest BCUT2D eigenvalue weighted by molar-refractivity contribution is 0.214. The lowest BCUT2D eigenvalue weighted by atomic mass is 10.3. The van der Waals surface area contributed by atoms with E-state index in [2.05, 4.69) is 15.5 Å². The van der Waals surface area contributed by atoms with Crippen LogP contribution in [0.25, 0.3) is 0 Å². The van der Waals surface area contributed by atoms with E-state index in [0.29, 0.717) is 17.8 Å². The van der Waals surface area contributed by atoms with Crippen molar-refractivity contribution >= 4 is 21.7 Å². The van der Waals surface area contributed by atoms with Gasteiger partial charge in [-0.15, -0.1) is 0 Å². The van der Waals surface area contributed by atoms with Gasteiger partial charge < -0.3 is 10.2 Å². The minimum absolute atomic E-state index is 0.0690. The Morgan fingerprint density at radius 1 is 1.14 bits per heavy atom. The number of hydrogen-bond acceptors (Lipinski definition) is 4. The molecule has 3 rings (SSSR count). The average Bonchev–Trinajstić information content (AvgIpc) is 2.84. The maximum Gasteiger partial charge on any atom is 0.322 e. The van der Waals surface area contributed by atoms with E-state index in [-0.39, 0.29) is 31.1 Å². The van der Waals surface area contributed by atoms with E-state index in [9.17, 15) is 22.0 Å². The number of aromatic amines is 1. The van der Waals surface area contributed by atoms with Crippen LogP contribution in [-0.2, 0) is 10.0 Å². The van der Waals surface area contributed by atoms with Gasteiger partial charge in [-0.2, -0.15) is 9.40 Å². The number of sulfonamides is 1.